The summed E-state index contributed by atoms with van der Waals surface area (Å²) < 4.78 is 5.04. The van der Waals surface area contributed by atoms with Gasteiger partial charge in [0.05, 0.1) is 12.1 Å². The second-order valence-corrected chi connectivity index (χ2v) is 3.32. The zero-order valence-corrected chi connectivity index (χ0v) is 8.64. The molecule has 0 fully saturated rings. The second kappa shape index (κ2) is 4.49. The van der Waals surface area contributed by atoms with Gasteiger partial charge in [0.1, 0.15) is 5.75 Å². The van der Waals surface area contributed by atoms with Crippen LogP contribution in [-0.4, -0.2) is 7.11 Å². The van der Waals surface area contributed by atoms with Crippen LogP contribution in [0.2, 0.25) is 5.02 Å². The van der Waals surface area contributed by atoms with Crippen molar-refractivity contribution in [2.75, 3.05) is 7.11 Å². The van der Waals surface area contributed by atoms with Crippen LogP contribution >= 0.6 is 11.6 Å². The van der Waals surface area contributed by atoms with E-state index >= 15 is 0 Å². The number of hydrogen-bond donors (Lipinski definition) is 1. The van der Waals surface area contributed by atoms with E-state index in [9.17, 15) is 0 Å². The Bertz CT molecular complexity index is 288. The first kappa shape index (κ1) is 10.4. The number of hydrogen-bond acceptors (Lipinski definition) is 2. The number of methoxy groups -OCH3 is 1. The maximum Gasteiger partial charge on any atom is 0.137 e. The van der Waals surface area contributed by atoms with E-state index in [1.54, 1.807) is 7.11 Å². The van der Waals surface area contributed by atoms with E-state index in [-0.39, 0.29) is 6.04 Å². The van der Waals surface area contributed by atoms with Crippen LogP contribution in [0.15, 0.2) is 18.2 Å². The SMILES string of the molecule is CC[C@@H](N)c1ccc(OC)c(Cl)c1. The normalized spacial score (nSPS) is 12.6. The van der Waals surface area contributed by atoms with Gasteiger partial charge >= 0.3 is 0 Å². The summed E-state index contributed by atoms with van der Waals surface area (Å²) >= 11 is 5.95. The Morgan fingerprint density at radius 1 is 1.54 bits per heavy atom. The molecule has 0 aliphatic carbocycles. The van der Waals surface area contributed by atoms with Gasteiger partial charge in [-0.25, -0.2) is 0 Å². The Labute approximate surface area is 83.6 Å². The van der Waals surface area contributed by atoms with Crippen molar-refractivity contribution in [3.63, 3.8) is 0 Å². The standard InChI is InChI=1S/C10H14ClNO/c1-3-9(12)7-4-5-10(13-2)8(11)6-7/h4-6,9H,3,12H2,1-2H3/t9-/m1/s1. The largest absolute Gasteiger partial charge is 0.495 e. The Kier molecular flexibility index (Phi) is 3.58. The highest BCUT2D eigenvalue weighted by molar-refractivity contribution is 6.32. The number of halogens is 1. The van der Waals surface area contributed by atoms with Gasteiger partial charge in [0.25, 0.3) is 0 Å². The fraction of sp³-hybridized carbons (Fsp3) is 0.400. The molecule has 0 amide bonds. The molecule has 0 radical (unpaired) electrons. The molecule has 0 saturated carbocycles. The smallest absolute Gasteiger partial charge is 0.137 e. The Hall–Kier alpha value is -0.730. The van der Waals surface area contributed by atoms with E-state index in [0.29, 0.717) is 10.8 Å². The third-order valence-corrected chi connectivity index (χ3v) is 2.34. The summed E-state index contributed by atoms with van der Waals surface area (Å²) in [5, 5.41) is 0.615. The molecule has 0 unspecified atom stereocenters. The topological polar surface area (TPSA) is 35.2 Å². The highest BCUT2D eigenvalue weighted by Gasteiger charge is 2.06. The number of nitrogens with two attached hydrogens (primary N) is 1. The predicted molar refractivity (Wildman–Crippen MR) is 55.2 cm³/mol. The van der Waals surface area contributed by atoms with Gasteiger partial charge in [0, 0.05) is 6.04 Å². The highest BCUT2D eigenvalue weighted by atomic mass is 35.5. The Morgan fingerprint density at radius 3 is 2.69 bits per heavy atom. The molecule has 1 rings (SSSR count). The molecule has 0 bridgehead atoms. The van der Waals surface area contributed by atoms with Gasteiger partial charge in [-0.15, -0.1) is 0 Å². The van der Waals surface area contributed by atoms with Gasteiger partial charge in [0.15, 0.2) is 0 Å². The highest BCUT2D eigenvalue weighted by Crippen LogP contribution is 2.27. The second-order valence-electron chi connectivity index (χ2n) is 2.91. The maximum absolute atomic E-state index is 5.95. The zero-order chi connectivity index (χ0) is 9.84. The van der Waals surface area contributed by atoms with Gasteiger partial charge < -0.3 is 10.5 Å². The molecule has 2 N–H and O–H groups in total. The Balaban J connectivity index is 2.95. The van der Waals surface area contributed by atoms with E-state index in [4.69, 9.17) is 22.1 Å². The molecule has 1 aromatic carbocycles. The fourth-order valence-corrected chi connectivity index (χ4v) is 1.42. The molecular weight excluding hydrogens is 186 g/mol. The molecule has 0 saturated heterocycles. The maximum atomic E-state index is 5.95. The van der Waals surface area contributed by atoms with Crippen molar-refractivity contribution in [2.45, 2.75) is 19.4 Å². The molecule has 13 heavy (non-hydrogen) atoms. The van der Waals surface area contributed by atoms with Crippen molar-refractivity contribution < 1.29 is 4.74 Å². The summed E-state index contributed by atoms with van der Waals surface area (Å²) in [7, 11) is 1.60. The molecule has 1 aromatic rings. The van der Waals surface area contributed by atoms with Crippen molar-refractivity contribution in [1.29, 1.82) is 0 Å². The van der Waals surface area contributed by atoms with E-state index in [2.05, 4.69) is 0 Å². The molecule has 0 aromatic heterocycles. The summed E-state index contributed by atoms with van der Waals surface area (Å²) in [5.41, 5.74) is 6.90. The molecular formula is C10H14ClNO. The van der Waals surface area contributed by atoms with Crippen LogP contribution in [0.25, 0.3) is 0 Å². The fourth-order valence-electron chi connectivity index (χ4n) is 1.15. The van der Waals surface area contributed by atoms with E-state index in [1.807, 2.05) is 25.1 Å². The van der Waals surface area contributed by atoms with E-state index in [0.717, 1.165) is 12.0 Å². The van der Waals surface area contributed by atoms with Crippen LogP contribution in [0.1, 0.15) is 24.9 Å². The van der Waals surface area contributed by atoms with E-state index < -0.39 is 0 Å². The zero-order valence-electron chi connectivity index (χ0n) is 7.88. The molecule has 0 spiro atoms. The van der Waals surface area contributed by atoms with E-state index in [1.165, 1.54) is 0 Å². The summed E-state index contributed by atoms with van der Waals surface area (Å²) in [6.07, 6.45) is 0.905. The molecule has 2 nitrogen and oxygen atoms in total. The van der Waals surface area contributed by atoms with Crippen molar-refractivity contribution >= 4 is 11.6 Å². The minimum Gasteiger partial charge on any atom is -0.495 e. The Morgan fingerprint density at radius 2 is 2.23 bits per heavy atom. The minimum absolute atomic E-state index is 0.0587. The molecule has 0 aliphatic heterocycles. The first-order chi connectivity index (χ1) is 6.19. The lowest BCUT2D eigenvalue weighted by atomic mass is 10.1. The molecule has 72 valence electrons. The minimum atomic E-state index is 0.0587. The molecule has 0 heterocycles. The number of benzene rings is 1. The van der Waals surface area contributed by atoms with Gasteiger partial charge in [-0.2, -0.15) is 0 Å². The third-order valence-electron chi connectivity index (χ3n) is 2.04. The lowest BCUT2D eigenvalue weighted by molar-refractivity contribution is 0.414. The van der Waals surface area contributed by atoms with Gasteiger partial charge in [-0.05, 0) is 24.1 Å². The molecule has 0 aliphatic rings. The van der Waals surface area contributed by atoms with Crippen LogP contribution in [0, 0.1) is 0 Å². The third kappa shape index (κ3) is 2.36. The van der Waals surface area contributed by atoms with Gasteiger partial charge in [0.2, 0.25) is 0 Å². The van der Waals surface area contributed by atoms with Crippen molar-refractivity contribution in [2.24, 2.45) is 5.73 Å². The monoisotopic (exact) mass is 199 g/mol. The van der Waals surface area contributed by atoms with Gasteiger partial charge in [-0.3, -0.25) is 0 Å². The lowest BCUT2D eigenvalue weighted by Gasteiger charge is -2.10. The predicted octanol–water partition coefficient (Wildman–Crippen LogP) is 2.76. The molecule has 3 heteroatoms. The van der Waals surface area contributed by atoms with Crippen LogP contribution in [0.4, 0.5) is 0 Å². The summed E-state index contributed by atoms with van der Waals surface area (Å²) in [6.45, 7) is 2.04. The number of rotatable bonds is 3. The number of ether oxygens (including phenoxy) is 1. The molecule has 1 atom stereocenters. The first-order valence-electron chi connectivity index (χ1n) is 4.28. The summed E-state index contributed by atoms with van der Waals surface area (Å²) in [6, 6.07) is 5.70. The average molecular weight is 200 g/mol. The summed E-state index contributed by atoms with van der Waals surface area (Å²) in [4.78, 5) is 0. The van der Waals surface area contributed by atoms with Crippen LogP contribution in [-0.2, 0) is 0 Å². The van der Waals surface area contributed by atoms with Crippen LogP contribution in [0.3, 0.4) is 0 Å². The van der Waals surface area contributed by atoms with Crippen LogP contribution < -0.4 is 10.5 Å². The van der Waals surface area contributed by atoms with Crippen molar-refractivity contribution in [1.82, 2.24) is 0 Å². The first-order valence-corrected chi connectivity index (χ1v) is 4.65. The summed E-state index contributed by atoms with van der Waals surface area (Å²) in [5.74, 6) is 0.689. The van der Waals surface area contributed by atoms with Crippen molar-refractivity contribution in [3.8, 4) is 5.75 Å². The van der Waals surface area contributed by atoms with Crippen LogP contribution in [0.5, 0.6) is 5.75 Å². The average Bonchev–Trinajstić information content (AvgIpc) is 2.16. The van der Waals surface area contributed by atoms with Crippen molar-refractivity contribution in [3.05, 3.63) is 28.8 Å². The van der Waals surface area contributed by atoms with Gasteiger partial charge in [-0.1, -0.05) is 24.6 Å². The lowest BCUT2D eigenvalue weighted by Crippen LogP contribution is -2.08. The quantitative estimate of drug-likeness (QED) is 0.813.